The van der Waals surface area contributed by atoms with E-state index in [9.17, 15) is 13.8 Å². The Hall–Kier alpha value is -2.12. The van der Waals surface area contributed by atoms with Crippen LogP contribution in [0.1, 0.15) is 21.5 Å². The molecule has 2 aromatic rings. The summed E-state index contributed by atoms with van der Waals surface area (Å²) < 4.78 is 11.4. The van der Waals surface area contributed by atoms with E-state index in [4.69, 9.17) is 0 Å². The zero-order valence-electron chi connectivity index (χ0n) is 15.8. The van der Waals surface area contributed by atoms with Crippen LogP contribution in [0.25, 0.3) is 0 Å². The zero-order valence-corrected chi connectivity index (χ0v) is 17.5. The van der Waals surface area contributed by atoms with Crippen molar-refractivity contribution in [3.8, 4) is 0 Å². The van der Waals surface area contributed by atoms with Gasteiger partial charge in [0.2, 0.25) is 5.91 Å². The van der Waals surface area contributed by atoms with Gasteiger partial charge >= 0.3 is 0 Å². The standard InChI is InChI=1S/C21H24N2O3S2/c1-28(26)15-17-3-2-4-18(13-17)21(25)22-19-7-5-16(6-8-19)14-20(24)23-9-11-27-12-10-23/h2-8,13H,9-12,14-15H2,1H3,(H,22,25). The number of anilines is 1. The summed E-state index contributed by atoms with van der Waals surface area (Å²) in [6.07, 6.45) is 2.03. The third kappa shape index (κ3) is 5.94. The van der Waals surface area contributed by atoms with Crippen molar-refractivity contribution in [2.24, 2.45) is 0 Å². The summed E-state index contributed by atoms with van der Waals surface area (Å²) in [5.74, 6) is 2.39. The van der Waals surface area contributed by atoms with Crippen LogP contribution < -0.4 is 5.32 Å². The number of nitrogens with zero attached hydrogens (tertiary/aromatic N) is 1. The monoisotopic (exact) mass is 416 g/mol. The Morgan fingerprint density at radius 2 is 1.79 bits per heavy atom. The first-order chi connectivity index (χ1) is 13.5. The molecule has 1 aliphatic rings. The lowest BCUT2D eigenvalue weighted by atomic mass is 10.1. The molecule has 0 radical (unpaired) electrons. The van der Waals surface area contributed by atoms with Crippen LogP contribution in [0.15, 0.2) is 48.5 Å². The number of hydrogen-bond donors (Lipinski definition) is 1. The first-order valence-corrected chi connectivity index (χ1v) is 12.0. The molecule has 5 nitrogen and oxygen atoms in total. The molecule has 1 aliphatic heterocycles. The van der Waals surface area contributed by atoms with E-state index in [1.807, 2.05) is 47.0 Å². The Kier molecular flexibility index (Phi) is 7.28. The highest BCUT2D eigenvalue weighted by atomic mass is 32.2. The molecular weight excluding hydrogens is 392 g/mol. The number of hydrogen-bond acceptors (Lipinski definition) is 4. The van der Waals surface area contributed by atoms with E-state index in [0.717, 1.165) is 35.7 Å². The molecule has 1 heterocycles. The van der Waals surface area contributed by atoms with Gasteiger partial charge in [-0.05, 0) is 35.4 Å². The maximum absolute atomic E-state index is 12.5. The summed E-state index contributed by atoms with van der Waals surface area (Å²) in [6, 6.07) is 14.6. The summed E-state index contributed by atoms with van der Waals surface area (Å²) >= 11 is 1.88. The summed E-state index contributed by atoms with van der Waals surface area (Å²) in [7, 11) is -0.950. The van der Waals surface area contributed by atoms with Crippen LogP contribution in [-0.4, -0.2) is 51.8 Å². The third-order valence-corrected chi connectivity index (χ3v) is 6.17. The van der Waals surface area contributed by atoms with E-state index >= 15 is 0 Å². The van der Waals surface area contributed by atoms with Crippen LogP contribution in [0.4, 0.5) is 5.69 Å². The second kappa shape index (κ2) is 9.89. The minimum Gasteiger partial charge on any atom is -0.341 e. The van der Waals surface area contributed by atoms with E-state index in [0.29, 0.717) is 23.4 Å². The van der Waals surface area contributed by atoms with Crippen molar-refractivity contribution >= 4 is 40.1 Å². The van der Waals surface area contributed by atoms with Crippen LogP contribution in [0.2, 0.25) is 0 Å². The maximum atomic E-state index is 12.5. The van der Waals surface area contributed by atoms with Gasteiger partial charge in [-0.3, -0.25) is 13.8 Å². The largest absolute Gasteiger partial charge is 0.341 e. The molecule has 0 aliphatic carbocycles. The van der Waals surface area contributed by atoms with Crippen molar-refractivity contribution in [1.29, 1.82) is 0 Å². The van der Waals surface area contributed by atoms with Gasteiger partial charge in [-0.1, -0.05) is 24.3 Å². The molecule has 1 fully saturated rings. The third-order valence-electron chi connectivity index (χ3n) is 4.49. The fourth-order valence-electron chi connectivity index (χ4n) is 3.05. The van der Waals surface area contributed by atoms with Gasteiger partial charge in [0, 0.05) is 58.7 Å². The van der Waals surface area contributed by atoms with Gasteiger partial charge in [-0.2, -0.15) is 11.8 Å². The van der Waals surface area contributed by atoms with Crippen molar-refractivity contribution in [3.05, 3.63) is 65.2 Å². The van der Waals surface area contributed by atoms with Gasteiger partial charge in [-0.25, -0.2) is 0 Å². The summed E-state index contributed by atoms with van der Waals surface area (Å²) in [6.45, 7) is 1.64. The van der Waals surface area contributed by atoms with Crippen LogP contribution in [0.3, 0.4) is 0 Å². The lowest BCUT2D eigenvalue weighted by molar-refractivity contribution is -0.130. The van der Waals surface area contributed by atoms with Crippen molar-refractivity contribution in [2.75, 3.05) is 36.2 Å². The van der Waals surface area contributed by atoms with E-state index in [2.05, 4.69) is 5.32 Å². The number of nitrogens with one attached hydrogen (secondary N) is 1. The number of carbonyl (C=O) groups is 2. The van der Waals surface area contributed by atoms with Crippen LogP contribution in [0, 0.1) is 0 Å². The molecule has 0 saturated carbocycles. The normalized spacial score (nSPS) is 15.1. The number of carbonyl (C=O) groups excluding carboxylic acids is 2. The molecule has 0 spiro atoms. The molecule has 0 bridgehead atoms. The average Bonchev–Trinajstić information content (AvgIpc) is 2.70. The Labute approximate surface area is 172 Å². The van der Waals surface area contributed by atoms with E-state index in [1.165, 1.54) is 0 Å². The molecule has 148 valence electrons. The molecule has 0 aromatic heterocycles. The SMILES string of the molecule is CS(=O)Cc1cccc(C(=O)Nc2ccc(CC(=O)N3CCSCC3)cc2)c1. The van der Waals surface area contributed by atoms with E-state index in [-0.39, 0.29) is 11.8 Å². The van der Waals surface area contributed by atoms with Crippen molar-refractivity contribution in [2.45, 2.75) is 12.2 Å². The number of rotatable bonds is 6. The van der Waals surface area contributed by atoms with E-state index < -0.39 is 10.8 Å². The molecule has 2 amide bonds. The summed E-state index contributed by atoms with van der Waals surface area (Å²) in [5.41, 5.74) is 3.03. The zero-order chi connectivity index (χ0) is 19.9. The molecule has 2 aromatic carbocycles. The first kappa shape index (κ1) is 20.6. The Bertz CT molecular complexity index is 862. The highest BCUT2D eigenvalue weighted by molar-refractivity contribution is 7.99. The highest BCUT2D eigenvalue weighted by Gasteiger charge is 2.17. The van der Waals surface area contributed by atoms with Crippen molar-refractivity contribution in [3.63, 3.8) is 0 Å². The molecule has 1 unspecified atom stereocenters. The Morgan fingerprint density at radius 1 is 1.07 bits per heavy atom. The van der Waals surface area contributed by atoms with Gasteiger partial charge < -0.3 is 10.2 Å². The molecule has 1 N–H and O–H groups in total. The summed E-state index contributed by atoms with van der Waals surface area (Å²) in [4.78, 5) is 26.7. The summed E-state index contributed by atoms with van der Waals surface area (Å²) in [5, 5.41) is 2.87. The van der Waals surface area contributed by atoms with Gasteiger partial charge in [0.25, 0.3) is 5.91 Å². The average molecular weight is 417 g/mol. The van der Waals surface area contributed by atoms with E-state index in [1.54, 1.807) is 24.5 Å². The lowest BCUT2D eigenvalue weighted by Crippen LogP contribution is -2.38. The minimum atomic E-state index is -0.950. The molecular formula is C21H24N2O3S2. The number of thioether (sulfide) groups is 1. The lowest BCUT2D eigenvalue weighted by Gasteiger charge is -2.26. The van der Waals surface area contributed by atoms with Gasteiger partial charge in [0.1, 0.15) is 0 Å². The van der Waals surface area contributed by atoms with Crippen LogP contribution in [-0.2, 0) is 27.8 Å². The number of amides is 2. The topological polar surface area (TPSA) is 66.5 Å². The van der Waals surface area contributed by atoms with Crippen molar-refractivity contribution < 1.29 is 13.8 Å². The first-order valence-electron chi connectivity index (χ1n) is 9.16. The molecule has 3 rings (SSSR count). The predicted octanol–water partition coefficient (Wildman–Crippen LogP) is 2.94. The fraction of sp³-hybridized carbons (Fsp3) is 0.333. The van der Waals surface area contributed by atoms with Gasteiger partial charge in [0.15, 0.2) is 0 Å². The van der Waals surface area contributed by atoms with Gasteiger partial charge in [-0.15, -0.1) is 0 Å². The van der Waals surface area contributed by atoms with Crippen molar-refractivity contribution in [1.82, 2.24) is 4.90 Å². The second-order valence-corrected chi connectivity index (χ2v) is 9.40. The van der Waals surface area contributed by atoms with Crippen LogP contribution >= 0.6 is 11.8 Å². The minimum absolute atomic E-state index is 0.155. The molecule has 7 heteroatoms. The fourth-order valence-corrected chi connectivity index (χ4v) is 4.60. The Balaban J connectivity index is 1.58. The molecule has 1 saturated heterocycles. The highest BCUT2D eigenvalue weighted by Crippen LogP contribution is 2.15. The predicted molar refractivity (Wildman–Crippen MR) is 116 cm³/mol. The van der Waals surface area contributed by atoms with Gasteiger partial charge in [0.05, 0.1) is 6.42 Å². The second-order valence-electron chi connectivity index (χ2n) is 6.74. The Morgan fingerprint density at radius 3 is 2.46 bits per heavy atom. The van der Waals surface area contributed by atoms with Crippen LogP contribution in [0.5, 0.6) is 0 Å². The molecule has 1 atom stereocenters. The quantitative estimate of drug-likeness (QED) is 0.786. The maximum Gasteiger partial charge on any atom is 0.255 e. The number of benzene rings is 2. The molecule has 28 heavy (non-hydrogen) atoms. The smallest absolute Gasteiger partial charge is 0.255 e.